The predicted octanol–water partition coefficient (Wildman–Crippen LogP) is 4.38. The van der Waals surface area contributed by atoms with E-state index in [1.807, 2.05) is 64.5 Å². The van der Waals surface area contributed by atoms with E-state index in [0.29, 0.717) is 22.8 Å². The number of rotatable bonds is 6. The van der Waals surface area contributed by atoms with Gasteiger partial charge in [0, 0.05) is 49.1 Å². The Labute approximate surface area is 207 Å². The summed E-state index contributed by atoms with van der Waals surface area (Å²) in [6, 6.07) is 9.48. The molecular weight excluding hydrogens is 460 g/mol. The maximum Gasteiger partial charge on any atom is 0.419 e. The summed E-state index contributed by atoms with van der Waals surface area (Å²) in [5, 5.41) is 16.3. The summed E-state index contributed by atoms with van der Waals surface area (Å²) in [6.07, 6.45) is 6.24. The fourth-order valence-corrected chi connectivity index (χ4v) is 4.03. The van der Waals surface area contributed by atoms with Crippen molar-refractivity contribution in [2.75, 3.05) is 12.4 Å². The molecule has 0 spiro atoms. The number of aromatic nitrogens is 7. The van der Waals surface area contributed by atoms with Crippen molar-refractivity contribution < 1.29 is 14.3 Å². The number of nitrogens with zero attached hydrogens (tertiary/aromatic N) is 7. The third kappa shape index (κ3) is 4.26. The summed E-state index contributed by atoms with van der Waals surface area (Å²) < 4.78 is 16.1. The zero-order chi connectivity index (χ0) is 25.4. The Hall–Kier alpha value is -4.67. The second kappa shape index (κ2) is 9.17. The van der Waals surface area contributed by atoms with Gasteiger partial charge >= 0.3 is 6.09 Å². The highest BCUT2D eigenvalue weighted by atomic mass is 16.6. The van der Waals surface area contributed by atoms with Crippen LogP contribution in [0.25, 0.3) is 33.4 Å². The lowest BCUT2D eigenvalue weighted by Gasteiger charge is -2.14. The first-order valence-corrected chi connectivity index (χ1v) is 11.4. The molecule has 36 heavy (non-hydrogen) atoms. The van der Waals surface area contributed by atoms with Crippen molar-refractivity contribution in [2.45, 2.75) is 20.0 Å². The Bertz CT molecular complexity index is 1560. The number of anilines is 2. The number of methoxy groups -OCH3 is 1. The number of carbonyl (C=O) groups is 1. The van der Waals surface area contributed by atoms with Crippen LogP contribution in [-0.2, 0) is 18.8 Å². The fourth-order valence-electron chi connectivity index (χ4n) is 4.03. The molecule has 4 heterocycles. The van der Waals surface area contributed by atoms with Crippen LogP contribution in [0.1, 0.15) is 13.8 Å². The van der Waals surface area contributed by atoms with Crippen molar-refractivity contribution >= 4 is 28.5 Å². The number of hydrogen-bond acceptors (Lipinski definition) is 8. The summed E-state index contributed by atoms with van der Waals surface area (Å²) >= 11 is 0. The number of pyridine rings is 1. The van der Waals surface area contributed by atoms with Crippen molar-refractivity contribution in [1.82, 2.24) is 34.3 Å². The number of benzene rings is 1. The molecule has 5 aromatic rings. The second-order valence-corrected chi connectivity index (χ2v) is 8.61. The van der Waals surface area contributed by atoms with E-state index in [2.05, 4.69) is 25.7 Å². The molecule has 0 saturated carbocycles. The van der Waals surface area contributed by atoms with Gasteiger partial charge in [-0.1, -0.05) is 11.3 Å². The van der Waals surface area contributed by atoms with E-state index in [1.165, 1.54) is 0 Å². The minimum atomic E-state index is -0.470. The molecule has 0 aliphatic rings. The normalized spacial score (nSPS) is 11.3. The molecule has 0 bridgehead atoms. The van der Waals surface area contributed by atoms with Gasteiger partial charge in [0.1, 0.15) is 11.6 Å². The van der Waals surface area contributed by atoms with Gasteiger partial charge < -0.3 is 14.8 Å². The van der Waals surface area contributed by atoms with Crippen LogP contribution in [-0.4, -0.2) is 53.6 Å². The Kier molecular flexibility index (Phi) is 5.88. The van der Waals surface area contributed by atoms with Gasteiger partial charge in [-0.15, -0.1) is 5.10 Å². The quantitative estimate of drug-likeness (QED) is 0.376. The highest BCUT2D eigenvalue weighted by Crippen LogP contribution is 2.34. The Balaban J connectivity index is 1.55. The van der Waals surface area contributed by atoms with Gasteiger partial charge in [-0.2, -0.15) is 5.10 Å². The van der Waals surface area contributed by atoms with Crippen molar-refractivity contribution in [3.63, 3.8) is 0 Å². The van der Waals surface area contributed by atoms with Crippen molar-refractivity contribution in [1.29, 1.82) is 0 Å². The van der Waals surface area contributed by atoms with Crippen molar-refractivity contribution in [2.24, 2.45) is 14.1 Å². The summed E-state index contributed by atoms with van der Waals surface area (Å²) in [5.74, 6) is 1.17. The highest BCUT2D eigenvalue weighted by Gasteiger charge is 2.21. The first-order valence-electron chi connectivity index (χ1n) is 11.4. The van der Waals surface area contributed by atoms with Crippen LogP contribution in [0.5, 0.6) is 5.75 Å². The van der Waals surface area contributed by atoms with E-state index in [1.54, 1.807) is 39.6 Å². The third-order valence-corrected chi connectivity index (χ3v) is 5.68. The van der Waals surface area contributed by atoms with Crippen molar-refractivity contribution in [3.05, 3.63) is 55.1 Å². The van der Waals surface area contributed by atoms with E-state index in [4.69, 9.17) is 9.47 Å². The first-order chi connectivity index (χ1) is 17.3. The minimum absolute atomic E-state index is 0.270. The van der Waals surface area contributed by atoms with Crippen LogP contribution >= 0.6 is 0 Å². The molecule has 0 fully saturated rings. The van der Waals surface area contributed by atoms with Crippen molar-refractivity contribution in [3.8, 4) is 28.3 Å². The standard InChI is InChI=1S/C25H26N8O3/c1-15(2)36-25(34)33-20(18-12-28-31(3)14-18)8-17-11-26-24(10-21(17)33)29-19-7-6-16(9-23(19)35-5)22-13-27-30-32(22)4/h6-15H,1-5H3,(H,26,29). The van der Waals surface area contributed by atoms with Gasteiger partial charge in [-0.05, 0) is 32.0 Å². The highest BCUT2D eigenvalue weighted by molar-refractivity contribution is 5.97. The lowest BCUT2D eigenvalue weighted by Crippen LogP contribution is -2.18. The lowest BCUT2D eigenvalue weighted by atomic mass is 10.1. The maximum atomic E-state index is 13.1. The van der Waals surface area contributed by atoms with Crippen LogP contribution in [0.15, 0.2) is 55.1 Å². The molecule has 0 unspecified atom stereocenters. The van der Waals surface area contributed by atoms with Gasteiger partial charge in [-0.25, -0.2) is 19.0 Å². The Morgan fingerprint density at radius 3 is 2.53 bits per heavy atom. The van der Waals surface area contributed by atoms with E-state index >= 15 is 0 Å². The van der Waals surface area contributed by atoms with Gasteiger partial charge in [-0.3, -0.25) is 4.68 Å². The maximum absolute atomic E-state index is 13.1. The third-order valence-electron chi connectivity index (χ3n) is 5.68. The zero-order valence-corrected chi connectivity index (χ0v) is 20.6. The van der Waals surface area contributed by atoms with E-state index in [-0.39, 0.29) is 6.10 Å². The van der Waals surface area contributed by atoms with Crippen LogP contribution in [0, 0.1) is 0 Å². The number of ether oxygens (including phenoxy) is 2. The molecule has 11 heteroatoms. The van der Waals surface area contributed by atoms with Crippen LogP contribution < -0.4 is 10.1 Å². The summed E-state index contributed by atoms with van der Waals surface area (Å²) in [7, 11) is 5.27. The minimum Gasteiger partial charge on any atom is -0.495 e. The molecule has 0 atom stereocenters. The van der Waals surface area contributed by atoms with E-state index in [0.717, 1.165) is 27.9 Å². The Morgan fingerprint density at radius 1 is 1.03 bits per heavy atom. The van der Waals surface area contributed by atoms with Crippen LogP contribution in [0.3, 0.4) is 0 Å². The van der Waals surface area contributed by atoms with Gasteiger partial charge in [0.15, 0.2) is 0 Å². The zero-order valence-electron chi connectivity index (χ0n) is 20.6. The summed E-state index contributed by atoms with van der Waals surface area (Å²) in [6.45, 7) is 3.64. The monoisotopic (exact) mass is 486 g/mol. The first kappa shape index (κ1) is 23.1. The molecule has 11 nitrogen and oxygen atoms in total. The smallest absolute Gasteiger partial charge is 0.419 e. The molecule has 0 aliphatic carbocycles. The molecule has 0 amide bonds. The average Bonchev–Trinajstić information content (AvgIpc) is 3.56. The molecule has 184 valence electrons. The van der Waals surface area contributed by atoms with Gasteiger partial charge in [0.2, 0.25) is 0 Å². The molecule has 1 N–H and O–H groups in total. The largest absolute Gasteiger partial charge is 0.495 e. The average molecular weight is 487 g/mol. The molecule has 1 aromatic carbocycles. The molecule has 4 aromatic heterocycles. The van der Waals surface area contributed by atoms with E-state index < -0.39 is 6.09 Å². The number of hydrogen-bond donors (Lipinski definition) is 1. The molecule has 5 rings (SSSR count). The lowest BCUT2D eigenvalue weighted by molar-refractivity contribution is 0.118. The summed E-state index contributed by atoms with van der Waals surface area (Å²) in [5.41, 5.74) is 4.64. The number of aryl methyl sites for hydroxylation is 2. The summed E-state index contributed by atoms with van der Waals surface area (Å²) in [4.78, 5) is 17.7. The molecule has 0 aliphatic heterocycles. The number of nitrogens with one attached hydrogen (secondary N) is 1. The second-order valence-electron chi connectivity index (χ2n) is 8.61. The predicted molar refractivity (Wildman–Crippen MR) is 135 cm³/mol. The number of carbonyl (C=O) groups excluding carboxylic acids is 1. The van der Waals surface area contributed by atoms with E-state index in [9.17, 15) is 4.79 Å². The van der Waals surface area contributed by atoms with Gasteiger partial charge in [0.25, 0.3) is 0 Å². The molecule has 0 saturated heterocycles. The topological polar surface area (TPSA) is 114 Å². The van der Waals surface area contributed by atoms with Gasteiger partial charge in [0.05, 0.1) is 48.2 Å². The number of fused-ring (bicyclic) bond motifs is 1. The van der Waals surface area contributed by atoms with Crippen LogP contribution in [0.2, 0.25) is 0 Å². The Morgan fingerprint density at radius 2 is 1.86 bits per heavy atom. The fraction of sp³-hybridized carbons (Fsp3) is 0.240. The van der Waals surface area contributed by atoms with Crippen LogP contribution in [0.4, 0.5) is 16.3 Å². The SMILES string of the molecule is COc1cc(-c2cnnn2C)ccc1Nc1cc2c(cn1)cc(-c1cnn(C)c1)n2C(=O)OC(C)C. The molecular formula is C25H26N8O3. The molecule has 0 radical (unpaired) electrons.